The summed E-state index contributed by atoms with van der Waals surface area (Å²) < 4.78 is 0. The van der Waals surface area contributed by atoms with Gasteiger partial charge in [0.05, 0.1) is 5.41 Å². The van der Waals surface area contributed by atoms with Gasteiger partial charge in [0.15, 0.2) is 0 Å². The second-order valence-electron chi connectivity index (χ2n) is 5.56. The first-order valence-electron chi connectivity index (χ1n) is 7.36. The Balaban J connectivity index is 2.49. The van der Waals surface area contributed by atoms with Gasteiger partial charge in [0.1, 0.15) is 0 Å². The Hall–Kier alpha value is -1.30. The van der Waals surface area contributed by atoms with Crippen LogP contribution in [-0.2, 0) is 4.79 Å². The van der Waals surface area contributed by atoms with Crippen LogP contribution in [0.15, 0.2) is 0 Å². The highest BCUT2D eigenvalue weighted by molar-refractivity contribution is 5.78. The third-order valence-corrected chi connectivity index (χ3v) is 4.50. The number of carboxylic acid groups (broad SMARTS) is 1. The molecular weight excluding hydrogens is 260 g/mol. The first-order chi connectivity index (χ1) is 9.49. The molecule has 0 aromatic heterocycles. The van der Waals surface area contributed by atoms with E-state index in [-0.39, 0.29) is 19.2 Å². The van der Waals surface area contributed by atoms with E-state index in [2.05, 4.69) is 5.32 Å². The number of likely N-dealkylation sites (tertiary alicyclic amines) is 1. The van der Waals surface area contributed by atoms with Gasteiger partial charge in [-0.05, 0) is 31.6 Å². The fourth-order valence-corrected chi connectivity index (χ4v) is 2.67. The second kappa shape index (κ2) is 7.47. The van der Waals surface area contributed by atoms with Crippen molar-refractivity contribution in [2.75, 3.05) is 26.2 Å². The molecular formula is C14H26N2O4. The summed E-state index contributed by atoms with van der Waals surface area (Å²) in [5.74, 6) is -0.505. The lowest BCUT2D eigenvalue weighted by Gasteiger charge is -2.28. The number of nitrogens with zero attached hydrogens (tertiary/aromatic N) is 1. The molecule has 1 fully saturated rings. The van der Waals surface area contributed by atoms with Crippen LogP contribution in [0, 0.1) is 11.3 Å². The molecule has 3 N–H and O–H groups in total. The van der Waals surface area contributed by atoms with Crippen LogP contribution >= 0.6 is 0 Å². The van der Waals surface area contributed by atoms with Gasteiger partial charge in [-0.25, -0.2) is 4.79 Å². The molecule has 0 bridgehead atoms. The van der Waals surface area contributed by atoms with E-state index >= 15 is 0 Å². The van der Waals surface area contributed by atoms with Crippen molar-refractivity contribution in [1.82, 2.24) is 10.2 Å². The summed E-state index contributed by atoms with van der Waals surface area (Å²) in [4.78, 5) is 25.1. The summed E-state index contributed by atoms with van der Waals surface area (Å²) in [6.45, 7) is 5.29. The molecule has 20 heavy (non-hydrogen) atoms. The van der Waals surface area contributed by atoms with Crippen molar-refractivity contribution in [3.8, 4) is 0 Å². The Kier molecular flexibility index (Phi) is 6.26. The van der Waals surface area contributed by atoms with Crippen LogP contribution < -0.4 is 5.32 Å². The molecule has 0 aromatic rings. The summed E-state index contributed by atoms with van der Waals surface area (Å²) in [5, 5.41) is 21.0. The van der Waals surface area contributed by atoms with Gasteiger partial charge in [-0.1, -0.05) is 13.8 Å². The number of aliphatic hydroxyl groups is 1. The maximum absolute atomic E-state index is 12.1. The second-order valence-corrected chi connectivity index (χ2v) is 5.56. The third-order valence-electron chi connectivity index (χ3n) is 4.50. The lowest BCUT2D eigenvalue weighted by Crippen LogP contribution is -2.46. The number of carboxylic acids is 1. The number of amides is 2. The molecule has 0 aromatic carbocycles. The van der Waals surface area contributed by atoms with Crippen LogP contribution in [-0.4, -0.2) is 53.4 Å². The topological polar surface area (TPSA) is 89.9 Å². The maximum Gasteiger partial charge on any atom is 0.317 e. The van der Waals surface area contributed by atoms with Crippen LogP contribution in [0.25, 0.3) is 0 Å². The molecule has 1 aliphatic heterocycles. The molecule has 0 radical (unpaired) electrons. The number of hydrogen-bond donors (Lipinski definition) is 3. The summed E-state index contributed by atoms with van der Waals surface area (Å²) >= 11 is 0. The molecule has 1 saturated heterocycles. The zero-order chi connectivity index (χ0) is 15.2. The molecule has 1 atom stereocenters. The van der Waals surface area contributed by atoms with Gasteiger partial charge in [0.25, 0.3) is 0 Å². The number of carbonyl (C=O) groups excluding carboxylic acids is 1. The molecule has 1 rings (SSSR count). The standard InChI is InChI=1S/C14H26N2O4/c1-3-14(4-2,12(18)19)10-15-13(20)16-7-5-11(9-16)6-8-17/h11,17H,3-10H2,1-2H3,(H,15,20)(H,18,19). The number of aliphatic hydroxyl groups excluding tert-OH is 1. The number of carbonyl (C=O) groups is 2. The number of hydrogen-bond acceptors (Lipinski definition) is 3. The summed E-state index contributed by atoms with van der Waals surface area (Å²) in [6, 6.07) is -0.196. The molecule has 1 heterocycles. The molecule has 0 aliphatic carbocycles. The average molecular weight is 286 g/mol. The quantitative estimate of drug-likeness (QED) is 0.658. The zero-order valence-electron chi connectivity index (χ0n) is 12.4. The van der Waals surface area contributed by atoms with Crippen LogP contribution in [0.2, 0.25) is 0 Å². The smallest absolute Gasteiger partial charge is 0.317 e. The number of nitrogens with one attached hydrogen (secondary N) is 1. The van der Waals surface area contributed by atoms with Crippen molar-refractivity contribution in [2.24, 2.45) is 11.3 Å². The van der Waals surface area contributed by atoms with Crippen molar-refractivity contribution in [3.63, 3.8) is 0 Å². The molecule has 2 amide bonds. The lowest BCUT2D eigenvalue weighted by atomic mass is 9.82. The predicted octanol–water partition coefficient (Wildman–Crippen LogP) is 1.29. The molecule has 6 heteroatoms. The highest BCUT2D eigenvalue weighted by Gasteiger charge is 2.36. The highest BCUT2D eigenvalue weighted by atomic mass is 16.4. The SMILES string of the molecule is CCC(CC)(CNC(=O)N1CCC(CCO)C1)C(=O)O. The fraction of sp³-hybridized carbons (Fsp3) is 0.857. The number of aliphatic carboxylic acids is 1. The lowest BCUT2D eigenvalue weighted by molar-refractivity contribution is -0.149. The molecule has 1 aliphatic rings. The third kappa shape index (κ3) is 3.85. The van der Waals surface area contributed by atoms with Crippen molar-refractivity contribution < 1.29 is 19.8 Å². The minimum Gasteiger partial charge on any atom is -0.481 e. The maximum atomic E-state index is 12.1. The van der Waals surface area contributed by atoms with E-state index in [4.69, 9.17) is 5.11 Å². The molecule has 0 spiro atoms. The van der Waals surface area contributed by atoms with Gasteiger partial charge in [-0.15, -0.1) is 0 Å². The molecule has 0 saturated carbocycles. The van der Waals surface area contributed by atoms with Crippen molar-refractivity contribution in [1.29, 1.82) is 0 Å². The van der Waals surface area contributed by atoms with Crippen molar-refractivity contribution >= 4 is 12.0 Å². The van der Waals surface area contributed by atoms with Crippen LogP contribution in [0.4, 0.5) is 4.79 Å². The van der Waals surface area contributed by atoms with Gasteiger partial charge >= 0.3 is 12.0 Å². The minimum atomic E-state index is -0.875. The van der Waals surface area contributed by atoms with E-state index in [0.717, 1.165) is 6.42 Å². The first-order valence-corrected chi connectivity index (χ1v) is 7.36. The Bertz CT molecular complexity index is 342. The van der Waals surface area contributed by atoms with E-state index in [1.54, 1.807) is 4.90 Å². The summed E-state index contributed by atoms with van der Waals surface area (Å²) in [7, 11) is 0. The normalized spacial score (nSPS) is 19.1. The number of urea groups is 1. The summed E-state index contributed by atoms with van der Waals surface area (Å²) in [5.41, 5.74) is -0.875. The van der Waals surface area contributed by atoms with Gasteiger partial charge < -0.3 is 20.4 Å². The monoisotopic (exact) mass is 286 g/mol. The fourth-order valence-electron chi connectivity index (χ4n) is 2.67. The van der Waals surface area contributed by atoms with E-state index in [1.807, 2.05) is 13.8 Å². The molecule has 116 valence electrons. The molecule has 1 unspecified atom stereocenters. The zero-order valence-corrected chi connectivity index (χ0v) is 12.4. The number of rotatable bonds is 7. The van der Waals surface area contributed by atoms with E-state index in [0.29, 0.717) is 38.3 Å². The van der Waals surface area contributed by atoms with Crippen LogP contribution in [0.3, 0.4) is 0 Å². The van der Waals surface area contributed by atoms with Gasteiger partial charge in [-0.2, -0.15) is 0 Å². The Morgan fingerprint density at radius 1 is 1.35 bits per heavy atom. The van der Waals surface area contributed by atoms with Crippen LogP contribution in [0.1, 0.15) is 39.5 Å². The minimum absolute atomic E-state index is 0.147. The molecule has 6 nitrogen and oxygen atoms in total. The van der Waals surface area contributed by atoms with E-state index in [9.17, 15) is 14.7 Å². The average Bonchev–Trinajstić information content (AvgIpc) is 2.89. The van der Waals surface area contributed by atoms with E-state index in [1.165, 1.54) is 0 Å². The van der Waals surface area contributed by atoms with Crippen LogP contribution in [0.5, 0.6) is 0 Å². The predicted molar refractivity (Wildman–Crippen MR) is 75.4 cm³/mol. The largest absolute Gasteiger partial charge is 0.481 e. The Morgan fingerprint density at radius 2 is 2.00 bits per heavy atom. The summed E-state index contributed by atoms with van der Waals surface area (Å²) in [6.07, 6.45) is 2.60. The van der Waals surface area contributed by atoms with Gasteiger partial charge in [-0.3, -0.25) is 4.79 Å². The first kappa shape index (κ1) is 16.8. The van der Waals surface area contributed by atoms with Crippen molar-refractivity contribution in [3.05, 3.63) is 0 Å². The van der Waals surface area contributed by atoms with Gasteiger partial charge in [0.2, 0.25) is 0 Å². The van der Waals surface area contributed by atoms with E-state index < -0.39 is 11.4 Å². The van der Waals surface area contributed by atoms with Crippen molar-refractivity contribution in [2.45, 2.75) is 39.5 Å². The Labute approximate surface area is 120 Å². The highest BCUT2D eigenvalue weighted by Crippen LogP contribution is 2.26. The Morgan fingerprint density at radius 3 is 2.50 bits per heavy atom. The van der Waals surface area contributed by atoms with Gasteiger partial charge in [0, 0.05) is 26.2 Å².